The number of anilines is 2. The minimum Gasteiger partial charge on any atom is -0.397 e. The fourth-order valence-electron chi connectivity index (χ4n) is 1.53. The molecule has 0 atom stereocenters. The summed E-state index contributed by atoms with van der Waals surface area (Å²) in [6, 6.07) is 1.93. The van der Waals surface area contributed by atoms with Gasteiger partial charge >= 0.3 is 0 Å². The first kappa shape index (κ1) is 13.8. The van der Waals surface area contributed by atoms with Gasteiger partial charge in [-0.2, -0.15) is 0 Å². The maximum Gasteiger partial charge on any atom is 0.128 e. The Kier molecular flexibility index (Phi) is 5.77. The molecule has 0 unspecified atom stereocenters. The summed E-state index contributed by atoms with van der Waals surface area (Å²) in [7, 11) is 0. The second-order valence-corrected chi connectivity index (χ2v) is 4.49. The van der Waals surface area contributed by atoms with E-state index < -0.39 is 0 Å². The van der Waals surface area contributed by atoms with Gasteiger partial charge in [0.2, 0.25) is 0 Å². The van der Waals surface area contributed by atoms with Crippen molar-refractivity contribution in [2.24, 2.45) is 0 Å². The Hall–Kier alpha value is -1.29. The molecule has 3 N–H and O–H groups in total. The van der Waals surface area contributed by atoms with Gasteiger partial charge in [-0.3, -0.25) is 0 Å². The van der Waals surface area contributed by atoms with Crippen molar-refractivity contribution in [3.63, 3.8) is 0 Å². The van der Waals surface area contributed by atoms with Crippen molar-refractivity contribution in [3.8, 4) is 0 Å². The van der Waals surface area contributed by atoms with E-state index in [1.165, 1.54) is 0 Å². The van der Waals surface area contributed by atoms with E-state index in [2.05, 4.69) is 24.1 Å². The molecule has 0 radical (unpaired) electrons. The minimum absolute atomic E-state index is 0.323. The van der Waals surface area contributed by atoms with Crippen LogP contribution in [-0.2, 0) is 4.74 Å². The maximum atomic E-state index is 5.64. The number of nitrogens with zero attached hydrogens (tertiary/aromatic N) is 1. The second kappa shape index (κ2) is 7.12. The quantitative estimate of drug-likeness (QED) is 0.716. The number of ether oxygens (including phenoxy) is 1. The molecule has 0 aliphatic heterocycles. The normalized spacial score (nSPS) is 10.8. The molecule has 4 heteroatoms. The van der Waals surface area contributed by atoms with E-state index in [9.17, 15) is 0 Å². The van der Waals surface area contributed by atoms with Gasteiger partial charge < -0.3 is 15.8 Å². The fraction of sp³-hybridized carbons (Fsp3) is 0.615. The summed E-state index contributed by atoms with van der Waals surface area (Å²) in [5.74, 6) is 0.920. The Balaban J connectivity index is 2.18. The zero-order valence-electron chi connectivity index (χ0n) is 11.0. The summed E-state index contributed by atoms with van der Waals surface area (Å²) < 4.78 is 5.47. The summed E-state index contributed by atoms with van der Waals surface area (Å²) in [6.07, 6.45) is 4.15. The van der Waals surface area contributed by atoms with Crippen LogP contribution in [-0.4, -0.2) is 24.2 Å². The lowest BCUT2D eigenvalue weighted by atomic mass is 10.2. The highest BCUT2D eigenvalue weighted by Crippen LogP contribution is 2.13. The molecular formula is C13H23N3O. The Morgan fingerprint density at radius 3 is 2.82 bits per heavy atom. The Morgan fingerprint density at radius 2 is 2.18 bits per heavy atom. The first-order chi connectivity index (χ1) is 8.09. The highest BCUT2D eigenvalue weighted by Gasteiger charge is 1.99. The van der Waals surface area contributed by atoms with Crippen molar-refractivity contribution < 1.29 is 4.74 Å². The van der Waals surface area contributed by atoms with E-state index in [4.69, 9.17) is 10.5 Å². The highest BCUT2D eigenvalue weighted by atomic mass is 16.5. The average molecular weight is 237 g/mol. The van der Waals surface area contributed by atoms with Gasteiger partial charge in [-0.1, -0.05) is 0 Å². The van der Waals surface area contributed by atoms with Crippen molar-refractivity contribution in [1.29, 1.82) is 0 Å². The number of nitrogen functional groups attached to an aromatic ring is 1. The standard InChI is InChI=1S/C13H23N3O/c1-10(2)17-7-5-4-6-15-13-11(3)8-12(14)9-16-13/h8-10H,4-7,14H2,1-3H3,(H,15,16). The molecule has 0 saturated heterocycles. The summed E-state index contributed by atoms with van der Waals surface area (Å²) in [6.45, 7) is 7.86. The fourth-order valence-corrected chi connectivity index (χ4v) is 1.53. The van der Waals surface area contributed by atoms with Crippen LogP contribution < -0.4 is 11.1 Å². The van der Waals surface area contributed by atoms with E-state index in [-0.39, 0.29) is 0 Å². The van der Waals surface area contributed by atoms with Crippen molar-refractivity contribution >= 4 is 11.5 Å². The van der Waals surface area contributed by atoms with Crippen LogP contribution in [0.2, 0.25) is 0 Å². The predicted octanol–water partition coefficient (Wildman–Crippen LogP) is 2.59. The van der Waals surface area contributed by atoms with Crippen LogP contribution in [0, 0.1) is 6.92 Å². The molecule has 1 heterocycles. The number of pyridine rings is 1. The molecule has 0 aliphatic rings. The zero-order valence-corrected chi connectivity index (χ0v) is 11.0. The third kappa shape index (κ3) is 5.54. The van der Waals surface area contributed by atoms with E-state index in [0.29, 0.717) is 11.8 Å². The molecular weight excluding hydrogens is 214 g/mol. The number of hydrogen-bond donors (Lipinski definition) is 2. The molecule has 0 amide bonds. The molecule has 1 aromatic rings. The van der Waals surface area contributed by atoms with Crippen LogP contribution in [0.15, 0.2) is 12.3 Å². The molecule has 96 valence electrons. The van der Waals surface area contributed by atoms with Gasteiger partial charge in [0.15, 0.2) is 0 Å². The van der Waals surface area contributed by atoms with Crippen LogP contribution in [0.5, 0.6) is 0 Å². The summed E-state index contributed by atoms with van der Waals surface area (Å²) in [5.41, 5.74) is 7.44. The van der Waals surface area contributed by atoms with E-state index >= 15 is 0 Å². The smallest absolute Gasteiger partial charge is 0.128 e. The van der Waals surface area contributed by atoms with Crippen molar-refractivity contribution in [2.75, 3.05) is 24.2 Å². The van der Waals surface area contributed by atoms with Gasteiger partial charge in [0, 0.05) is 13.2 Å². The average Bonchev–Trinajstić information content (AvgIpc) is 2.25. The second-order valence-electron chi connectivity index (χ2n) is 4.49. The molecule has 0 bridgehead atoms. The predicted molar refractivity (Wildman–Crippen MR) is 72.2 cm³/mol. The van der Waals surface area contributed by atoms with Gasteiger partial charge in [-0.25, -0.2) is 4.98 Å². The van der Waals surface area contributed by atoms with Gasteiger partial charge in [0.05, 0.1) is 18.0 Å². The molecule has 0 aliphatic carbocycles. The molecule has 0 spiro atoms. The summed E-state index contributed by atoms with van der Waals surface area (Å²) >= 11 is 0. The summed E-state index contributed by atoms with van der Waals surface area (Å²) in [5, 5.41) is 3.31. The number of rotatable bonds is 7. The SMILES string of the molecule is Cc1cc(N)cnc1NCCCCOC(C)C. The maximum absolute atomic E-state index is 5.64. The number of nitrogens with two attached hydrogens (primary N) is 1. The number of aryl methyl sites for hydroxylation is 1. The number of nitrogens with one attached hydrogen (secondary N) is 1. The number of unbranched alkanes of at least 4 members (excludes halogenated alkanes) is 1. The Morgan fingerprint density at radius 1 is 1.41 bits per heavy atom. The number of aromatic nitrogens is 1. The molecule has 1 aromatic heterocycles. The topological polar surface area (TPSA) is 60.2 Å². The largest absolute Gasteiger partial charge is 0.397 e. The first-order valence-electron chi connectivity index (χ1n) is 6.17. The molecule has 1 rings (SSSR count). The minimum atomic E-state index is 0.323. The lowest BCUT2D eigenvalue weighted by Crippen LogP contribution is -2.08. The summed E-state index contributed by atoms with van der Waals surface area (Å²) in [4.78, 5) is 4.26. The molecule has 0 fully saturated rings. The monoisotopic (exact) mass is 237 g/mol. The lowest BCUT2D eigenvalue weighted by molar-refractivity contribution is 0.0765. The van der Waals surface area contributed by atoms with Crippen molar-refractivity contribution in [2.45, 2.75) is 39.7 Å². The van der Waals surface area contributed by atoms with Gasteiger partial charge in [0.25, 0.3) is 0 Å². The van der Waals surface area contributed by atoms with Gasteiger partial charge in [-0.05, 0) is 45.2 Å². The van der Waals surface area contributed by atoms with Crippen LogP contribution in [0.3, 0.4) is 0 Å². The zero-order chi connectivity index (χ0) is 12.7. The van der Waals surface area contributed by atoms with E-state index in [1.807, 2.05) is 13.0 Å². The third-order valence-corrected chi connectivity index (χ3v) is 2.41. The first-order valence-corrected chi connectivity index (χ1v) is 6.17. The van der Waals surface area contributed by atoms with E-state index in [1.54, 1.807) is 6.20 Å². The van der Waals surface area contributed by atoms with E-state index in [0.717, 1.165) is 37.4 Å². The molecule has 0 aromatic carbocycles. The Bertz CT molecular complexity index is 339. The van der Waals surface area contributed by atoms with Gasteiger partial charge in [-0.15, -0.1) is 0 Å². The van der Waals surface area contributed by atoms with Gasteiger partial charge in [0.1, 0.15) is 5.82 Å². The van der Waals surface area contributed by atoms with Crippen LogP contribution >= 0.6 is 0 Å². The van der Waals surface area contributed by atoms with Crippen LogP contribution in [0.1, 0.15) is 32.3 Å². The van der Waals surface area contributed by atoms with Crippen molar-refractivity contribution in [3.05, 3.63) is 17.8 Å². The molecule has 0 saturated carbocycles. The molecule has 17 heavy (non-hydrogen) atoms. The van der Waals surface area contributed by atoms with Crippen LogP contribution in [0.25, 0.3) is 0 Å². The number of hydrogen-bond acceptors (Lipinski definition) is 4. The highest BCUT2D eigenvalue weighted by molar-refractivity contribution is 5.50. The lowest BCUT2D eigenvalue weighted by Gasteiger charge is -2.10. The Labute approximate surface area is 104 Å². The van der Waals surface area contributed by atoms with Crippen LogP contribution in [0.4, 0.5) is 11.5 Å². The molecule has 4 nitrogen and oxygen atoms in total. The van der Waals surface area contributed by atoms with Crippen molar-refractivity contribution in [1.82, 2.24) is 4.98 Å². The third-order valence-electron chi connectivity index (χ3n) is 2.41.